The van der Waals surface area contributed by atoms with Crippen molar-refractivity contribution in [1.82, 2.24) is 19.1 Å². The SMILES string of the molecule is CC1(C)c2ccccc2-c2c1c1c(c3ccccc3n1-c1ccccc1)c1c2c2ccccc2n1-c1ccc(-c2cc(-c3ccccc3)nc(-c3ccccc3)n2)cc1. The van der Waals surface area contributed by atoms with E-state index in [2.05, 4.69) is 193 Å². The zero-order valence-corrected chi connectivity index (χ0v) is 32.8. The summed E-state index contributed by atoms with van der Waals surface area (Å²) < 4.78 is 5.03. The molecule has 0 atom stereocenters. The van der Waals surface area contributed by atoms with Crippen molar-refractivity contribution in [3.05, 3.63) is 205 Å². The molecule has 1 aliphatic carbocycles. The number of hydrogen-bond donors (Lipinski definition) is 0. The fourth-order valence-corrected chi connectivity index (χ4v) is 9.91. The first-order valence-electron chi connectivity index (χ1n) is 20.3. The highest BCUT2D eigenvalue weighted by molar-refractivity contribution is 6.32. The Balaban J connectivity index is 1.17. The highest BCUT2D eigenvalue weighted by Gasteiger charge is 2.41. The molecular formula is C55H38N4. The Hall–Kier alpha value is -7.56. The average molecular weight is 755 g/mol. The molecule has 0 saturated heterocycles. The Labute approximate surface area is 342 Å². The summed E-state index contributed by atoms with van der Waals surface area (Å²) in [6.07, 6.45) is 0. The van der Waals surface area contributed by atoms with Gasteiger partial charge in [0.25, 0.3) is 0 Å². The summed E-state index contributed by atoms with van der Waals surface area (Å²) in [5, 5.41) is 5.08. The Morgan fingerprint density at radius 3 is 1.58 bits per heavy atom. The molecule has 8 aromatic carbocycles. The zero-order valence-electron chi connectivity index (χ0n) is 32.8. The van der Waals surface area contributed by atoms with Crippen molar-refractivity contribution in [2.24, 2.45) is 0 Å². The summed E-state index contributed by atoms with van der Waals surface area (Å²) >= 11 is 0. The van der Waals surface area contributed by atoms with Gasteiger partial charge in [-0.3, -0.25) is 0 Å². The summed E-state index contributed by atoms with van der Waals surface area (Å²) in [5.74, 6) is 0.711. The van der Waals surface area contributed by atoms with Crippen molar-refractivity contribution >= 4 is 43.6 Å². The first-order valence-corrected chi connectivity index (χ1v) is 20.3. The molecular weight excluding hydrogens is 717 g/mol. The molecule has 0 fully saturated rings. The van der Waals surface area contributed by atoms with Gasteiger partial charge in [0, 0.05) is 55.0 Å². The third-order valence-corrected chi connectivity index (χ3v) is 12.5. The predicted octanol–water partition coefficient (Wildman–Crippen LogP) is 14.0. The molecule has 278 valence electrons. The molecule has 0 amide bonds. The number of para-hydroxylation sites is 3. The van der Waals surface area contributed by atoms with Gasteiger partial charge < -0.3 is 9.13 Å². The van der Waals surface area contributed by atoms with Gasteiger partial charge in [0.15, 0.2) is 5.82 Å². The van der Waals surface area contributed by atoms with Crippen molar-refractivity contribution in [2.75, 3.05) is 0 Å². The molecule has 3 aromatic heterocycles. The van der Waals surface area contributed by atoms with Gasteiger partial charge in [0.05, 0.1) is 33.5 Å². The van der Waals surface area contributed by atoms with Gasteiger partial charge in [0.2, 0.25) is 0 Å². The van der Waals surface area contributed by atoms with Crippen LogP contribution in [0, 0.1) is 0 Å². The molecule has 11 aromatic rings. The lowest BCUT2D eigenvalue weighted by molar-refractivity contribution is 0.664. The Morgan fingerprint density at radius 1 is 0.424 bits per heavy atom. The van der Waals surface area contributed by atoms with E-state index >= 15 is 0 Å². The van der Waals surface area contributed by atoms with Crippen LogP contribution in [0.3, 0.4) is 0 Å². The van der Waals surface area contributed by atoms with Crippen LogP contribution in [0.4, 0.5) is 0 Å². The lowest BCUT2D eigenvalue weighted by Crippen LogP contribution is -2.16. The summed E-state index contributed by atoms with van der Waals surface area (Å²) in [6, 6.07) is 69.6. The van der Waals surface area contributed by atoms with E-state index in [1.807, 2.05) is 24.3 Å². The van der Waals surface area contributed by atoms with Crippen LogP contribution in [0.5, 0.6) is 0 Å². The van der Waals surface area contributed by atoms with Gasteiger partial charge >= 0.3 is 0 Å². The summed E-state index contributed by atoms with van der Waals surface area (Å²) in [7, 11) is 0. The maximum Gasteiger partial charge on any atom is 0.160 e. The summed E-state index contributed by atoms with van der Waals surface area (Å²) in [4.78, 5) is 10.2. The van der Waals surface area contributed by atoms with Crippen LogP contribution in [0.15, 0.2) is 194 Å². The second-order valence-electron chi connectivity index (χ2n) is 16.1. The molecule has 0 saturated carbocycles. The smallest absolute Gasteiger partial charge is 0.160 e. The first kappa shape index (κ1) is 33.6. The topological polar surface area (TPSA) is 35.6 Å². The zero-order chi connectivity index (χ0) is 39.2. The van der Waals surface area contributed by atoms with Crippen molar-refractivity contribution in [3.8, 4) is 56.4 Å². The third-order valence-electron chi connectivity index (χ3n) is 12.5. The minimum absolute atomic E-state index is 0.237. The monoisotopic (exact) mass is 754 g/mol. The number of benzene rings is 8. The predicted molar refractivity (Wildman–Crippen MR) is 245 cm³/mol. The normalized spacial score (nSPS) is 13.1. The lowest BCUT2D eigenvalue weighted by Gasteiger charge is -2.24. The second kappa shape index (κ2) is 12.7. The minimum Gasteiger partial charge on any atom is -0.309 e. The van der Waals surface area contributed by atoms with E-state index in [1.54, 1.807) is 0 Å². The average Bonchev–Trinajstić information content (AvgIpc) is 3.90. The Bertz CT molecular complexity index is 3370. The number of rotatable bonds is 5. The van der Waals surface area contributed by atoms with Crippen LogP contribution >= 0.6 is 0 Å². The van der Waals surface area contributed by atoms with E-state index in [4.69, 9.17) is 9.97 Å². The van der Waals surface area contributed by atoms with Crippen molar-refractivity contribution < 1.29 is 0 Å². The fourth-order valence-electron chi connectivity index (χ4n) is 9.91. The van der Waals surface area contributed by atoms with Crippen LogP contribution in [0.1, 0.15) is 25.0 Å². The number of hydrogen-bond acceptors (Lipinski definition) is 2. The van der Waals surface area contributed by atoms with Crippen LogP contribution in [-0.2, 0) is 5.41 Å². The lowest BCUT2D eigenvalue weighted by atomic mass is 9.81. The van der Waals surface area contributed by atoms with Crippen LogP contribution in [0.25, 0.3) is 100 Å². The van der Waals surface area contributed by atoms with Crippen molar-refractivity contribution in [2.45, 2.75) is 19.3 Å². The molecule has 0 N–H and O–H groups in total. The number of fused-ring (bicyclic) bond motifs is 12. The molecule has 0 spiro atoms. The van der Waals surface area contributed by atoms with Crippen molar-refractivity contribution in [1.29, 1.82) is 0 Å². The highest BCUT2D eigenvalue weighted by atomic mass is 15.0. The van der Waals surface area contributed by atoms with Gasteiger partial charge in [-0.15, -0.1) is 0 Å². The second-order valence-corrected chi connectivity index (χ2v) is 16.1. The van der Waals surface area contributed by atoms with Gasteiger partial charge in [-0.25, -0.2) is 9.97 Å². The highest BCUT2D eigenvalue weighted by Crippen LogP contribution is 2.58. The number of nitrogens with zero attached hydrogens (tertiary/aromatic N) is 4. The standard InChI is InChI=1S/C55H38N4/c1-55(2)43-27-15-12-24-40(43)48-49-41-25-13-16-28-46(41)58(52(49)50-42-26-14-17-29-47(42)59(53(50)51(48)55)38-22-10-5-11-23-38)39-32-30-36(31-33-39)45-34-44(35-18-6-3-7-19-35)56-54(57-45)37-20-8-4-9-21-37/h3-34H,1-2H3. The van der Waals surface area contributed by atoms with Crippen molar-refractivity contribution in [3.63, 3.8) is 0 Å². The first-order chi connectivity index (χ1) is 29.1. The molecule has 3 heterocycles. The largest absolute Gasteiger partial charge is 0.309 e. The quantitative estimate of drug-likeness (QED) is 0.175. The molecule has 1 aliphatic rings. The van der Waals surface area contributed by atoms with E-state index in [9.17, 15) is 0 Å². The molecule has 4 nitrogen and oxygen atoms in total. The van der Waals surface area contributed by atoms with Crippen LogP contribution in [0.2, 0.25) is 0 Å². The maximum atomic E-state index is 5.15. The van der Waals surface area contributed by atoms with Gasteiger partial charge in [-0.2, -0.15) is 0 Å². The maximum absolute atomic E-state index is 5.15. The van der Waals surface area contributed by atoms with Crippen LogP contribution in [-0.4, -0.2) is 19.1 Å². The summed E-state index contributed by atoms with van der Waals surface area (Å²) in [5.41, 5.74) is 17.2. The fraction of sp³-hybridized carbons (Fsp3) is 0.0545. The minimum atomic E-state index is -0.237. The Kier molecular flexibility index (Phi) is 7.24. The Morgan fingerprint density at radius 2 is 0.915 bits per heavy atom. The molecule has 12 rings (SSSR count). The van der Waals surface area contributed by atoms with Gasteiger partial charge in [-0.05, 0) is 64.7 Å². The third kappa shape index (κ3) is 4.90. The number of aromatic nitrogens is 4. The molecule has 0 aliphatic heterocycles. The molecule has 0 radical (unpaired) electrons. The van der Waals surface area contributed by atoms with Crippen LogP contribution < -0.4 is 0 Å². The summed E-state index contributed by atoms with van der Waals surface area (Å²) in [6.45, 7) is 4.82. The van der Waals surface area contributed by atoms with E-state index in [-0.39, 0.29) is 5.41 Å². The van der Waals surface area contributed by atoms with Gasteiger partial charge in [0.1, 0.15) is 0 Å². The molecule has 59 heavy (non-hydrogen) atoms. The molecule has 0 unspecified atom stereocenters. The van der Waals surface area contributed by atoms with E-state index in [1.165, 1.54) is 65.9 Å². The van der Waals surface area contributed by atoms with E-state index in [0.29, 0.717) is 5.82 Å². The molecule has 0 bridgehead atoms. The van der Waals surface area contributed by atoms with Gasteiger partial charge in [-0.1, -0.05) is 166 Å². The van der Waals surface area contributed by atoms with E-state index < -0.39 is 0 Å². The molecule has 4 heteroatoms. The van der Waals surface area contributed by atoms with E-state index in [0.717, 1.165) is 39.5 Å².